The van der Waals surface area contributed by atoms with E-state index in [1.807, 2.05) is 54.1 Å². The molecule has 0 atom stereocenters. The summed E-state index contributed by atoms with van der Waals surface area (Å²) in [7, 11) is 0. The van der Waals surface area contributed by atoms with Crippen LogP contribution >= 0.6 is 11.8 Å². The van der Waals surface area contributed by atoms with Gasteiger partial charge >= 0.3 is 5.97 Å². The van der Waals surface area contributed by atoms with Crippen molar-refractivity contribution in [2.75, 3.05) is 18.6 Å². The van der Waals surface area contributed by atoms with Gasteiger partial charge in [0.1, 0.15) is 5.56 Å². The van der Waals surface area contributed by atoms with Crippen molar-refractivity contribution < 1.29 is 9.53 Å². The summed E-state index contributed by atoms with van der Waals surface area (Å²) in [4.78, 5) is 25.5. The molecule has 27 heavy (non-hydrogen) atoms. The fourth-order valence-corrected chi connectivity index (χ4v) is 4.02. The summed E-state index contributed by atoms with van der Waals surface area (Å²) < 4.78 is 7.12. The molecular formula is C21H22N2O3S. The van der Waals surface area contributed by atoms with Gasteiger partial charge in [-0.05, 0) is 55.5 Å². The second-order valence-electron chi connectivity index (χ2n) is 6.03. The molecule has 0 saturated heterocycles. The number of ether oxygens (including phenoxy) is 1. The molecule has 0 amide bonds. The number of nitrogens with two attached hydrogens (primary N) is 1. The molecule has 2 N–H and O–H groups in total. The minimum atomic E-state index is -0.571. The number of aromatic nitrogens is 1. The van der Waals surface area contributed by atoms with E-state index < -0.39 is 5.97 Å². The topological polar surface area (TPSA) is 74.3 Å². The molecule has 0 bridgehead atoms. The average Bonchev–Trinajstić information content (AvgIpc) is 2.68. The molecule has 0 spiro atoms. The van der Waals surface area contributed by atoms with Crippen molar-refractivity contribution in [2.24, 2.45) is 0 Å². The Hall–Kier alpha value is -2.73. The number of hydrogen-bond donors (Lipinski definition) is 1. The van der Waals surface area contributed by atoms with Gasteiger partial charge in [0, 0.05) is 17.6 Å². The molecule has 0 aliphatic heterocycles. The van der Waals surface area contributed by atoms with Crippen LogP contribution in [0.1, 0.15) is 24.2 Å². The number of carbonyl (C=O) groups is 1. The maximum Gasteiger partial charge on any atom is 0.344 e. The van der Waals surface area contributed by atoms with Gasteiger partial charge in [0.25, 0.3) is 0 Å². The Morgan fingerprint density at radius 3 is 2.37 bits per heavy atom. The molecular weight excluding hydrogens is 360 g/mol. The third kappa shape index (κ3) is 3.45. The first-order valence-electron chi connectivity index (χ1n) is 8.79. The predicted octanol–water partition coefficient (Wildman–Crippen LogP) is 4.17. The van der Waals surface area contributed by atoms with Crippen molar-refractivity contribution in [2.45, 2.75) is 25.4 Å². The normalized spacial score (nSPS) is 10.9. The maximum atomic E-state index is 13.0. The van der Waals surface area contributed by atoms with E-state index >= 15 is 0 Å². The molecule has 1 aromatic heterocycles. The summed E-state index contributed by atoms with van der Waals surface area (Å²) in [6, 6.07) is 13.3. The highest BCUT2D eigenvalue weighted by Crippen LogP contribution is 2.29. The third-order valence-corrected chi connectivity index (χ3v) is 5.26. The maximum absolute atomic E-state index is 13.0. The van der Waals surface area contributed by atoms with E-state index in [-0.39, 0.29) is 17.6 Å². The second kappa shape index (κ2) is 7.88. The van der Waals surface area contributed by atoms with E-state index in [2.05, 4.69) is 0 Å². The number of pyridine rings is 1. The average molecular weight is 382 g/mol. The smallest absolute Gasteiger partial charge is 0.344 e. The van der Waals surface area contributed by atoms with Gasteiger partial charge < -0.3 is 15.0 Å². The standard InChI is InChI=1S/C21H22N2O3S/c1-4-23-17-12-14(13-6-9-15(22)10-7-13)8-11-16(17)19(24)18(20(23)27-3)21(25)26-5-2/h6-12H,4-5,22H2,1-3H3. The molecule has 5 nitrogen and oxygen atoms in total. The monoisotopic (exact) mass is 382 g/mol. The Labute approximate surface area is 162 Å². The van der Waals surface area contributed by atoms with Crippen LogP contribution in [0.25, 0.3) is 22.0 Å². The molecule has 3 rings (SSSR count). The van der Waals surface area contributed by atoms with E-state index in [1.54, 1.807) is 13.0 Å². The van der Waals surface area contributed by atoms with Gasteiger partial charge in [0.05, 0.1) is 17.1 Å². The van der Waals surface area contributed by atoms with Crippen LogP contribution in [0, 0.1) is 0 Å². The molecule has 0 radical (unpaired) electrons. The highest BCUT2D eigenvalue weighted by molar-refractivity contribution is 7.98. The van der Waals surface area contributed by atoms with Gasteiger partial charge in [-0.15, -0.1) is 11.8 Å². The zero-order chi connectivity index (χ0) is 19.6. The van der Waals surface area contributed by atoms with Crippen LogP contribution in [0.4, 0.5) is 5.69 Å². The summed E-state index contributed by atoms with van der Waals surface area (Å²) in [5, 5.41) is 1.14. The Morgan fingerprint density at radius 2 is 1.78 bits per heavy atom. The van der Waals surface area contributed by atoms with Gasteiger partial charge in [0.15, 0.2) is 0 Å². The van der Waals surface area contributed by atoms with Gasteiger partial charge in [-0.1, -0.05) is 18.2 Å². The number of aryl methyl sites for hydroxylation is 1. The Kier molecular flexibility index (Phi) is 5.56. The minimum absolute atomic E-state index is 0.110. The lowest BCUT2D eigenvalue weighted by Gasteiger charge is -2.18. The SMILES string of the molecule is CCOC(=O)c1c(SC)n(CC)c2cc(-c3ccc(N)cc3)ccc2c1=O. The van der Waals surface area contributed by atoms with E-state index in [9.17, 15) is 9.59 Å². The van der Waals surface area contributed by atoms with Crippen LogP contribution in [-0.4, -0.2) is 23.4 Å². The largest absolute Gasteiger partial charge is 0.462 e. The minimum Gasteiger partial charge on any atom is -0.462 e. The lowest BCUT2D eigenvalue weighted by molar-refractivity contribution is 0.0519. The molecule has 1 heterocycles. The van der Waals surface area contributed by atoms with Crippen molar-refractivity contribution in [1.82, 2.24) is 4.57 Å². The van der Waals surface area contributed by atoms with E-state index in [0.717, 1.165) is 16.6 Å². The van der Waals surface area contributed by atoms with Gasteiger partial charge in [-0.2, -0.15) is 0 Å². The van der Waals surface area contributed by atoms with Crippen LogP contribution in [0.3, 0.4) is 0 Å². The number of nitrogen functional groups attached to an aromatic ring is 1. The van der Waals surface area contributed by atoms with Crippen molar-refractivity contribution in [3.63, 3.8) is 0 Å². The number of anilines is 1. The van der Waals surface area contributed by atoms with Crippen molar-refractivity contribution >= 4 is 34.3 Å². The second-order valence-corrected chi connectivity index (χ2v) is 6.83. The number of nitrogens with zero attached hydrogens (tertiary/aromatic N) is 1. The van der Waals surface area contributed by atoms with Gasteiger partial charge in [0.2, 0.25) is 5.43 Å². The van der Waals surface area contributed by atoms with Crippen LogP contribution < -0.4 is 11.2 Å². The fourth-order valence-electron chi connectivity index (χ4n) is 3.19. The number of fused-ring (bicyclic) bond motifs is 1. The summed E-state index contributed by atoms with van der Waals surface area (Å²) >= 11 is 1.38. The number of hydrogen-bond acceptors (Lipinski definition) is 5. The molecule has 0 saturated carbocycles. The van der Waals surface area contributed by atoms with Gasteiger partial charge in [-0.25, -0.2) is 4.79 Å². The summed E-state index contributed by atoms with van der Waals surface area (Å²) in [5.41, 5.74) is 9.10. The first-order chi connectivity index (χ1) is 13.0. The number of benzene rings is 2. The van der Waals surface area contributed by atoms with Crippen LogP contribution in [0.5, 0.6) is 0 Å². The number of carbonyl (C=O) groups excluding carboxylic acids is 1. The van der Waals surface area contributed by atoms with E-state index in [1.165, 1.54) is 11.8 Å². The molecule has 0 fully saturated rings. The molecule has 140 valence electrons. The first kappa shape index (κ1) is 19.0. The van der Waals surface area contributed by atoms with Crippen molar-refractivity contribution in [1.29, 1.82) is 0 Å². The Morgan fingerprint density at radius 1 is 1.11 bits per heavy atom. The lowest BCUT2D eigenvalue weighted by Crippen LogP contribution is -2.23. The summed E-state index contributed by atoms with van der Waals surface area (Å²) in [6.45, 7) is 4.58. The molecule has 3 aromatic rings. The Bertz CT molecular complexity index is 1060. The quantitative estimate of drug-likeness (QED) is 0.407. The van der Waals surface area contributed by atoms with Gasteiger partial charge in [-0.3, -0.25) is 4.79 Å². The zero-order valence-corrected chi connectivity index (χ0v) is 16.4. The van der Waals surface area contributed by atoms with E-state index in [4.69, 9.17) is 10.5 Å². The highest BCUT2D eigenvalue weighted by Gasteiger charge is 2.23. The van der Waals surface area contributed by atoms with E-state index in [0.29, 0.717) is 22.6 Å². The summed E-state index contributed by atoms with van der Waals surface area (Å²) in [6.07, 6.45) is 1.86. The highest BCUT2D eigenvalue weighted by atomic mass is 32.2. The molecule has 0 aliphatic rings. The lowest BCUT2D eigenvalue weighted by atomic mass is 10.0. The number of thioether (sulfide) groups is 1. The molecule has 6 heteroatoms. The molecule has 0 aliphatic carbocycles. The fraction of sp³-hybridized carbons (Fsp3) is 0.238. The Balaban J connectivity index is 2.31. The van der Waals surface area contributed by atoms with Crippen LogP contribution in [0.15, 0.2) is 52.3 Å². The summed E-state index contributed by atoms with van der Waals surface area (Å²) in [5.74, 6) is -0.571. The predicted molar refractivity (Wildman–Crippen MR) is 111 cm³/mol. The van der Waals surface area contributed by atoms with Crippen LogP contribution in [-0.2, 0) is 11.3 Å². The molecule has 2 aromatic carbocycles. The third-order valence-electron chi connectivity index (χ3n) is 4.45. The van der Waals surface area contributed by atoms with Crippen LogP contribution in [0.2, 0.25) is 0 Å². The first-order valence-corrected chi connectivity index (χ1v) is 10.0. The van der Waals surface area contributed by atoms with Crippen molar-refractivity contribution in [3.05, 3.63) is 58.3 Å². The zero-order valence-electron chi connectivity index (χ0n) is 15.6. The number of esters is 1. The number of rotatable bonds is 5. The van der Waals surface area contributed by atoms with Crippen molar-refractivity contribution in [3.8, 4) is 11.1 Å². The molecule has 0 unspecified atom stereocenters.